The molecule has 2 rings (SSSR count). The number of hydrogen-bond acceptors (Lipinski definition) is 3. The fourth-order valence-electron chi connectivity index (χ4n) is 2.68. The predicted octanol–water partition coefficient (Wildman–Crippen LogP) is 4.59. The first-order valence-corrected chi connectivity index (χ1v) is 8.77. The Labute approximate surface area is 150 Å². The first-order valence-electron chi connectivity index (χ1n) is 8.77. The molecule has 0 saturated carbocycles. The van der Waals surface area contributed by atoms with Crippen LogP contribution < -0.4 is 10.2 Å². The van der Waals surface area contributed by atoms with Gasteiger partial charge in [-0.3, -0.25) is 4.79 Å². The van der Waals surface area contributed by atoms with Crippen LogP contribution in [0.1, 0.15) is 52.0 Å². The summed E-state index contributed by atoms with van der Waals surface area (Å²) >= 11 is 0. The molecule has 134 valence electrons. The number of allylic oxidation sites excluding steroid dienone is 3. The average Bonchev–Trinajstić information content (AvgIpc) is 2.59. The van der Waals surface area contributed by atoms with E-state index in [-0.39, 0.29) is 12.5 Å². The van der Waals surface area contributed by atoms with Crippen molar-refractivity contribution in [3.05, 3.63) is 53.6 Å². The SMILES string of the molecule is C=C(C)C1CC=C(C)C(=NNC(=O)COc2ccc(C(C)C)cc2)C1. The molecule has 0 bridgehead atoms. The van der Waals surface area contributed by atoms with E-state index in [4.69, 9.17) is 4.74 Å². The molecule has 1 amide bonds. The van der Waals surface area contributed by atoms with Crippen molar-refractivity contribution in [2.75, 3.05) is 6.61 Å². The molecule has 0 fully saturated rings. The number of benzene rings is 1. The third kappa shape index (κ3) is 5.59. The summed E-state index contributed by atoms with van der Waals surface area (Å²) in [5, 5.41) is 4.27. The topological polar surface area (TPSA) is 50.7 Å². The Morgan fingerprint density at radius 2 is 2.04 bits per heavy atom. The van der Waals surface area contributed by atoms with Crippen molar-refractivity contribution >= 4 is 11.6 Å². The van der Waals surface area contributed by atoms with Gasteiger partial charge in [0.25, 0.3) is 5.91 Å². The standard InChI is InChI=1S/C21H28N2O2/c1-14(2)17-8-10-19(11-9-17)25-13-21(24)23-22-20-12-18(15(3)4)7-6-16(20)5/h6,8-11,14,18H,3,7,12-13H2,1-2,4-5H3,(H,23,24). The fraction of sp³-hybridized carbons (Fsp3) is 0.429. The summed E-state index contributed by atoms with van der Waals surface area (Å²) < 4.78 is 5.52. The maximum Gasteiger partial charge on any atom is 0.277 e. The van der Waals surface area contributed by atoms with E-state index in [0.717, 1.165) is 29.7 Å². The molecule has 25 heavy (non-hydrogen) atoms. The first kappa shape index (κ1) is 19.0. The highest BCUT2D eigenvalue weighted by Gasteiger charge is 2.18. The van der Waals surface area contributed by atoms with Crippen LogP contribution in [-0.4, -0.2) is 18.2 Å². The van der Waals surface area contributed by atoms with Crippen LogP contribution in [0.2, 0.25) is 0 Å². The summed E-state index contributed by atoms with van der Waals surface area (Å²) in [5.41, 5.74) is 7.01. The highest BCUT2D eigenvalue weighted by Crippen LogP contribution is 2.26. The summed E-state index contributed by atoms with van der Waals surface area (Å²) in [6, 6.07) is 7.82. The molecule has 1 N–H and O–H groups in total. The minimum atomic E-state index is -0.259. The molecule has 4 nitrogen and oxygen atoms in total. The van der Waals surface area contributed by atoms with Crippen LogP contribution in [0.5, 0.6) is 5.75 Å². The van der Waals surface area contributed by atoms with Crippen molar-refractivity contribution in [2.24, 2.45) is 11.0 Å². The van der Waals surface area contributed by atoms with Crippen LogP contribution in [0, 0.1) is 5.92 Å². The highest BCUT2D eigenvalue weighted by atomic mass is 16.5. The minimum absolute atomic E-state index is 0.0511. The van der Waals surface area contributed by atoms with Gasteiger partial charge in [0, 0.05) is 0 Å². The van der Waals surface area contributed by atoms with Gasteiger partial charge in [-0.1, -0.05) is 44.2 Å². The third-order valence-electron chi connectivity index (χ3n) is 4.53. The number of carbonyl (C=O) groups excluding carboxylic acids is 1. The molecule has 0 spiro atoms. The Morgan fingerprint density at radius 1 is 1.36 bits per heavy atom. The van der Waals surface area contributed by atoms with Crippen LogP contribution >= 0.6 is 0 Å². The van der Waals surface area contributed by atoms with Crippen molar-refractivity contribution in [1.82, 2.24) is 5.43 Å². The van der Waals surface area contributed by atoms with E-state index >= 15 is 0 Å². The van der Waals surface area contributed by atoms with Crippen LogP contribution in [0.15, 0.2) is 53.2 Å². The van der Waals surface area contributed by atoms with Crippen molar-refractivity contribution in [3.8, 4) is 5.75 Å². The summed E-state index contributed by atoms with van der Waals surface area (Å²) in [6.07, 6.45) is 3.96. The lowest BCUT2D eigenvalue weighted by atomic mass is 9.85. The van der Waals surface area contributed by atoms with Gasteiger partial charge >= 0.3 is 0 Å². The van der Waals surface area contributed by atoms with E-state index in [1.54, 1.807) is 0 Å². The number of rotatable bonds is 6. The molecule has 1 aromatic rings. The molecule has 1 aliphatic rings. The van der Waals surface area contributed by atoms with Gasteiger partial charge in [0.1, 0.15) is 5.75 Å². The number of carbonyl (C=O) groups is 1. The van der Waals surface area contributed by atoms with Crippen molar-refractivity contribution in [3.63, 3.8) is 0 Å². The van der Waals surface area contributed by atoms with Gasteiger partial charge in [-0.15, -0.1) is 0 Å². The largest absolute Gasteiger partial charge is 0.484 e. The van der Waals surface area contributed by atoms with Gasteiger partial charge in [0.2, 0.25) is 0 Å². The second-order valence-electron chi connectivity index (χ2n) is 6.98. The molecular formula is C21H28N2O2. The van der Waals surface area contributed by atoms with E-state index in [0.29, 0.717) is 17.6 Å². The van der Waals surface area contributed by atoms with Crippen LogP contribution in [0.25, 0.3) is 0 Å². The first-order chi connectivity index (χ1) is 11.9. The van der Waals surface area contributed by atoms with Gasteiger partial charge in [0.15, 0.2) is 6.61 Å². The Morgan fingerprint density at radius 3 is 2.64 bits per heavy atom. The normalized spacial score (nSPS) is 18.8. The minimum Gasteiger partial charge on any atom is -0.484 e. The summed E-state index contributed by atoms with van der Waals surface area (Å²) in [7, 11) is 0. The average molecular weight is 340 g/mol. The van der Waals surface area contributed by atoms with Crippen molar-refractivity contribution in [1.29, 1.82) is 0 Å². The number of ether oxygens (including phenoxy) is 1. The molecule has 0 aromatic heterocycles. The van der Waals surface area contributed by atoms with Crippen LogP contribution in [0.4, 0.5) is 0 Å². The van der Waals surface area contributed by atoms with Gasteiger partial charge in [-0.25, -0.2) is 5.43 Å². The molecule has 1 aromatic carbocycles. The zero-order valence-electron chi connectivity index (χ0n) is 15.6. The number of nitrogens with zero attached hydrogens (tertiary/aromatic N) is 1. The maximum atomic E-state index is 12.0. The Bertz CT molecular complexity index is 684. The molecule has 0 saturated heterocycles. The Balaban J connectivity index is 1.86. The zero-order valence-corrected chi connectivity index (χ0v) is 15.6. The second kappa shape index (κ2) is 8.65. The lowest BCUT2D eigenvalue weighted by Crippen LogP contribution is -2.27. The summed E-state index contributed by atoms with van der Waals surface area (Å²) in [5.74, 6) is 1.30. The lowest BCUT2D eigenvalue weighted by molar-refractivity contribution is -0.123. The van der Waals surface area contributed by atoms with Crippen molar-refractivity contribution in [2.45, 2.75) is 46.5 Å². The van der Waals surface area contributed by atoms with Crippen LogP contribution in [0.3, 0.4) is 0 Å². The Hall–Kier alpha value is -2.36. The van der Waals surface area contributed by atoms with E-state index in [2.05, 4.69) is 37.0 Å². The zero-order chi connectivity index (χ0) is 18.4. The van der Waals surface area contributed by atoms with E-state index in [1.165, 1.54) is 5.56 Å². The van der Waals surface area contributed by atoms with Gasteiger partial charge < -0.3 is 4.74 Å². The van der Waals surface area contributed by atoms with E-state index < -0.39 is 0 Å². The predicted molar refractivity (Wildman–Crippen MR) is 103 cm³/mol. The second-order valence-corrected chi connectivity index (χ2v) is 6.98. The molecule has 4 heteroatoms. The third-order valence-corrected chi connectivity index (χ3v) is 4.53. The maximum absolute atomic E-state index is 12.0. The number of amides is 1. The highest BCUT2D eigenvalue weighted by molar-refractivity contribution is 6.01. The molecule has 0 aliphatic heterocycles. The molecule has 1 atom stereocenters. The number of nitrogens with one attached hydrogen (secondary N) is 1. The van der Waals surface area contributed by atoms with E-state index in [1.807, 2.05) is 38.1 Å². The van der Waals surface area contributed by atoms with Crippen molar-refractivity contribution < 1.29 is 9.53 Å². The smallest absolute Gasteiger partial charge is 0.277 e. The van der Waals surface area contributed by atoms with Gasteiger partial charge in [-0.2, -0.15) is 5.10 Å². The van der Waals surface area contributed by atoms with Crippen LogP contribution in [-0.2, 0) is 4.79 Å². The lowest BCUT2D eigenvalue weighted by Gasteiger charge is -2.22. The fourth-order valence-corrected chi connectivity index (χ4v) is 2.68. The summed E-state index contributed by atoms with van der Waals surface area (Å²) in [4.78, 5) is 12.0. The molecule has 0 heterocycles. The summed E-state index contributed by atoms with van der Waals surface area (Å²) in [6.45, 7) is 12.3. The van der Waals surface area contributed by atoms with Gasteiger partial charge in [-0.05, 0) is 61.8 Å². The molecule has 1 aliphatic carbocycles. The van der Waals surface area contributed by atoms with Gasteiger partial charge in [0.05, 0.1) is 5.71 Å². The molecule has 0 radical (unpaired) electrons. The monoisotopic (exact) mass is 340 g/mol. The van der Waals surface area contributed by atoms with E-state index in [9.17, 15) is 4.79 Å². The molecular weight excluding hydrogens is 312 g/mol. The quantitative estimate of drug-likeness (QED) is 0.608. The molecule has 1 unspecified atom stereocenters. The Kier molecular flexibility index (Phi) is 6.57. The number of hydrazone groups is 1. The number of hydrogen-bond donors (Lipinski definition) is 1.